The first-order valence-electron chi connectivity index (χ1n) is 7.21. The summed E-state index contributed by atoms with van der Waals surface area (Å²) in [5.74, 6) is 0.490. The second-order valence-corrected chi connectivity index (χ2v) is 5.13. The van der Waals surface area contributed by atoms with E-state index < -0.39 is 0 Å². The van der Waals surface area contributed by atoms with E-state index in [0.717, 1.165) is 17.0 Å². The highest BCUT2D eigenvalue weighted by molar-refractivity contribution is 5.40. The summed E-state index contributed by atoms with van der Waals surface area (Å²) < 4.78 is 18.8. The Hall–Kier alpha value is -1.94. The molecule has 0 saturated heterocycles. The van der Waals surface area contributed by atoms with Crippen LogP contribution in [0.1, 0.15) is 38.1 Å². The molecule has 0 radical (unpaired) electrons. The second-order valence-electron chi connectivity index (χ2n) is 5.13. The molecular formula is C17H21FN2O. The number of nitrogens with one attached hydrogen (secondary N) is 1. The Morgan fingerprint density at radius 1 is 1.19 bits per heavy atom. The van der Waals surface area contributed by atoms with Gasteiger partial charge in [0.2, 0.25) is 0 Å². The zero-order valence-electron chi connectivity index (χ0n) is 12.6. The molecule has 1 heterocycles. The van der Waals surface area contributed by atoms with Crippen LogP contribution in [0.15, 0.2) is 42.6 Å². The third-order valence-electron chi connectivity index (χ3n) is 3.08. The number of rotatable bonds is 6. The van der Waals surface area contributed by atoms with Gasteiger partial charge in [0.05, 0.1) is 24.5 Å². The van der Waals surface area contributed by atoms with Crippen LogP contribution in [0.5, 0.6) is 5.75 Å². The number of halogens is 1. The summed E-state index contributed by atoms with van der Waals surface area (Å²) >= 11 is 0. The normalized spacial score (nSPS) is 12.4. The van der Waals surface area contributed by atoms with Gasteiger partial charge in [-0.2, -0.15) is 0 Å². The Morgan fingerprint density at radius 3 is 2.57 bits per heavy atom. The number of pyridine rings is 1. The minimum atomic E-state index is -0.333. The molecule has 1 N–H and O–H groups in total. The fraction of sp³-hybridized carbons (Fsp3) is 0.353. The van der Waals surface area contributed by atoms with Gasteiger partial charge in [-0.25, -0.2) is 4.39 Å². The molecule has 0 amide bonds. The van der Waals surface area contributed by atoms with Gasteiger partial charge in [0, 0.05) is 11.6 Å². The van der Waals surface area contributed by atoms with Crippen LogP contribution in [0.25, 0.3) is 0 Å². The van der Waals surface area contributed by atoms with E-state index in [4.69, 9.17) is 4.74 Å². The Morgan fingerprint density at radius 2 is 1.95 bits per heavy atom. The van der Waals surface area contributed by atoms with Crippen molar-refractivity contribution in [2.45, 2.75) is 32.9 Å². The summed E-state index contributed by atoms with van der Waals surface area (Å²) in [6.45, 7) is 6.69. The van der Waals surface area contributed by atoms with Crippen molar-refractivity contribution in [1.29, 1.82) is 0 Å². The van der Waals surface area contributed by atoms with E-state index in [1.165, 1.54) is 12.3 Å². The number of hydrogen-bond donors (Lipinski definition) is 1. The molecule has 21 heavy (non-hydrogen) atoms. The summed E-state index contributed by atoms with van der Waals surface area (Å²) in [5, 5.41) is 3.47. The van der Waals surface area contributed by atoms with Crippen LogP contribution in [0.2, 0.25) is 0 Å². The van der Waals surface area contributed by atoms with Crippen molar-refractivity contribution in [2.75, 3.05) is 6.61 Å². The zero-order valence-corrected chi connectivity index (χ0v) is 12.6. The van der Waals surface area contributed by atoms with Gasteiger partial charge in [0.1, 0.15) is 11.6 Å². The maximum Gasteiger partial charge on any atom is 0.141 e. The monoisotopic (exact) mass is 288 g/mol. The molecule has 1 aromatic carbocycles. The fourth-order valence-corrected chi connectivity index (χ4v) is 2.23. The van der Waals surface area contributed by atoms with E-state index in [-0.39, 0.29) is 17.9 Å². The summed E-state index contributed by atoms with van der Waals surface area (Å²) in [4.78, 5) is 4.22. The predicted molar refractivity (Wildman–Crippen MR) is 81.9 cm³/mol. The number of ether oxygens (including phenoxy) is 1. The Labute approximate surface area is 125 Å². The lowest BCUT2D eigenvalue weighted by Crippen LogP contribution is -2.30. The molecule has 2 aromatic rings. The number of para-hydroxylation sites is 1. The van der Waals surface area contributed by atoms with Gasteiger partial charge < -0.3 is 10.1 Å². The lowest BCUT2D eigenvalue weighted by atomic mass is 10.0. The highest BCUT2D eigenvalue weighted by Crippen LogP contribution is 2.29. The minimum absolute atomic E-state index is 0.131. The van der Waals surface area contributed by atoms with E-state index in [2.05, 4.69) is 24.1 Å². The zero-order chi connectivity index (χ0) is 15.2. The Balaban J connectivity index is 2.42. The quantitative estimate of drug-likeness (QED) is 0.880. The first kappa shape index (κ1) is 15.4. The van der Waals surface area contributed by atoms with Gasteiger partial charge in [-0.1, -0.05) is 18.2 Å². The molecule has 0 saturated carbocycles. The topological polar surface area (TPSA) is 34.1 Å². The Kier molecular flexibility index (Phi) is 5.28. The number of aromatic nitrogens is 1. The molecule has 0 aliphatic rings. The van der Waals surface area contributed by atoms with Crippen LogP contribution in [-0.2, 0) is 0 Å². The van der Waals surface area contributed by atoms with Crippen molar-refractivity contribution in [2.24, 2.45) is 0 Å². The molecule has 3 nitrogen and oxygen atoms in total. The third kappa shape index (κ3) is 4.02. The Bertz CT molecular complexity index is 569. The summed E-state index contributed by atoms with van der Waals surface area (Å²) in [5.41, 5.74) is 1.78. The van der Waals surface area contributed by atoms with Gasteiger partial charge in [0.25, 0.3) is 0 Å². The lowest BCUT2D eigenvalue weighted by molar-refractivity contribution is 0.332. The van der Waals surface area contributed by atoms with Crippen molar-refractivity contribution in [3.63, 3.8) is 0 Å². The lowest BCUT2D eigenvalue weighted by Gasteiger charge is -2.23. The minimum Gasteiger partial charge on any atom is -0.494 e. The average Bonchev–Trinajstić information content (AvgIpc) is 2.47. The predicted octanol–water partition coefficient (Wildman–Crippen LogP) is 3.71. The number of hydrogen-bond acceptors (Lipinski definition) is 3. The number of benzene rings is 1. The molecule has 1 atom stereocenters. The first-order chi connectivity index (χ1) is 10.1. The molecule has 112 valence electrons. The van der Waals surface area contributed by atoms with Crippen LogP contribution in [0.4, 0.5) is 4.39 Å². The molecule has 1 aromatic heterocycles. The average molecular weight is 288 g/mol. The highest BCUT2D eigenvalue weighted by Gasteiger charge is 2.20. The summed E-state index contributed by atoms with van der Waals surface area (Å²) in [7, 11) is 0. The van der Waals surface area contributed by atoms with Gasteiger partial charge >= 0.3 is 0 Å². The molecule has 0 bridgehead atoms. The second kappa shape index (κ2) is 7.18. The largest absolute Gasteiger partial charge is 0.494 e. The van der Waals surface area contributed by atoms with Crippen molar-refractivity contribution in [1.82, 2.24) is 10.3 Å². The molecular weight excluding hydrogens is 267 g/mol. The third-order valence-corrected chi connectivity index (χ3v) is 3.08. The van der Waals surface area contributed by atoms with E-state index >= 15 is 0 Å². The molecule has 1 unspecified atom stereocenters. The van der Waals surface area contributed by atoms with E-state index in [9.17, 15) is 4.39 Å². The molecule has 4 heteroatoms. The van der Waals surface area contributed by atoms with Crippen molar-refractivity contribution < 1.29 is 9.13 Å². The summed E-state index contributed by atoms with van der Waals surface area (Å²) in [6, 6.07) is 11.1. The van der Waals surface area contributed by atoms with Crippen LogP contribution < -0.4 is 10.1 Å². The van der Waals surface area contributed by atoms with E-state index in [0.29, 0.717) is 6.61 Å². The van der Waals surface area contributed by atoms with Crippen LogP contribution in [0, 0.1) is 5.82 Å². The highest BCUT2D eigenvalue weighted by atomic mass is 19.1. The van der Waals surface area contributed by atoms with Gasteiger partial charge in [-0.15, -0.1) is 0 Å². The molecule has 0 fully saturated rings. The SMILES string of the molecule is CCOc1ccccc1C(NC(C)C)c1ccc(F)cn1. The van der Waals surface area contributed by atoms with Crippen LogP contribution >= 0.6 is 0 Å². The van der Waals surface area contributed by atoms with E-state index in [1.54, 1.807) is 6.07 Å². The van der Waals surface area contributed by atoms with Gasteiger partial charge in [-0.05, 0) is 39.0 Å². The fourth-order valence-electron chi connectivity index (χ4n) is 2.23. The van der Waals surface area contributed by atoms with Gasteiger partial charge in [-0.3, -0.25) is 4.98 Å². The van der Waals surface area contributed by atoms with Crippen molar-refractivity contribution in [3.05, 3.63) is 59.7 Å². The molecule has 0 spiro atoms. The maximum absolute atomic E-state index is 13.1. The van der Waals surface area contributed by atoms with Crippen molar-refractivity contribution >= 4 is 0 Å². The van der Waals surface area contributed by atoms with Crippen molar-refractivity contribution in [3.8, 4) is 5.75 Å². The first-order valence-corrected chi connectivity index (χ1v) is 7.21. The number of nitrogens with zero attached hydrogens (tertiary/aromatic N) is 1. The summed E-state index contributed by atoms with van der Waals surface area (Å²) in [6.07, 6.45) is 1.24. The molecule has 0 aliphatic heterocycles. The molecule has 0 aliphatic carbocycles. The molecule has 2 rings (SSSR count). The smallest absolute Gasteiger partial charge is 0.141 e. The van der Waals surface area contributed by atoms with Crippen LogP contribution in [0.3, 0.4) is 0 Å². The maximum atomic E-state index is 13.1. The standard InChI is InChI=1S/C17H21FN2O/c1-4-21-16-8-6-5-7-14(16)17(20-12(2)3)15-10-9-13(18)11-19-15/h5-12,17,20H,4H2,1-3H3. The van der Waals surface area contributed by atoms with Crippen LogP contribution in [-0.4, -0.2) is 17.6 Å². The van der Waals surface area contributed by atoms with Gasteiger partial charge in [0.15, 0.2) is 0 Å². The van der Waals surface area contributed by atoms with E-state index in [1.807, 2.05) is 31.2 Å².